The molecule has 0 saturated carbocycles. The quantitative estimate of drug-likeness (QED) is 0.479. The van der Waals surface area contributed by atoms with Crippen molar-refractivity contribution in [2.45, 2.75) is 84.7 Å². The van der Waals surface area contributed by atoms with Crippen molar-refractivity contribution in [1.29, 1.82) is 0 Å². The summed E-state index contributed by atoms with van der Waals surface area (Å²) >= 11 is 0. The van der Waals surface area contributed by atoms with Crippen LogP contribution in [0.3, 0.4) is 0 Å². The minimum Gasteiger partial charge on any atom is -0.463 e. The Kier molecular flexibility index (Phi) is 9.78. The van der Waals surface area contributed by atoms with Crippen LogP contribution in [0, 0.1) is 0 Å². The van der Waals surface area contributed by atoms with E-state index in [4.69, 9.17) is 14.2 Å². The first-order valence-corrected chi connectivity index (χ1v) is 9.23. The van der Waals surface area contributed by atoms with E-state index >= 15 is 0 Å². The Morgan fingerprint density at radius 2 is 1.48 bits per heavy atom. The van der Waals surface area contributed by atoms with Crippen molar-refractivity contribution in [3.05, 3.63) is 0 Å². The molecule has 0 spiro atoms. The van der Waals surface area contributed by atoms with E-state index in [1.807, 2.05) is 0 Å². The van der Waals surface area contributed by atoms with Gasteiger partial charge in [-0.05, 0) is 69.0 Å². The average molecular weight is 389 g/mol. The highest BCUT2D eigenvalue weighted by Gasteiger charge is 2.44. The molecule has 8 heteroatoms. The predicted octanol–water partition coefficient (Wildman–Crippen LogP) is 2.49. The highest BCUT2D eigenvalue weighted by atomic mass is 16.6. The van der Waals surface area contributed by atoms with Gasteiger partial charge < -0.3 is 24.4 Å². The second kappa shape index (κ2) is 10.5. The van der Waals surface area contributed by atoms with Crippen LogP contribution in [0.25, 0.3) is 0 Å². The minimum absolute atomic E-state index is 0.0293. The molecular weight excluding hydrogens is 352 g/mol. The molecule has 0 aromatic carbocycles. The van der Waals surface area contributed by atoms with Crippen molar-refractivity contribution < 1.29 is 28.6 Å². The van der Waals surface area contributed by atoms with Gasteiger partial charge in [0.25, 0.3) is 0 Å². The summed E-state index contributed by atoms with van der Waals surface area (Å²) in [4.78, 5) is 39.0. The number of hydrogen-bond acceptors (Lipinski definition) is 7. The summed E-state index contributed by atoms with van der Waals surface area (Å²) in [6.07, 6.45) is -1.40. The molecule has 0 aliphatic rings. The number of likely N-dealkylation sites (N-methyl/N-ethyl adjacent to an activating group) is 1. The SMILES string of the molecule is CC(C)OC(=O)CC[C@](CN(C)C)(NC(=O)OC(C)(C)C)C(=O)OC(C)C. The van der Waals surface area contributed by atoms with E-state index in [1.54, 1.807) is 67.5 Å². The number of esters is 2. The summed E-state index contributed by atoms with van der Waals surface area (Å²) in [5.74, 6) is -1.06. The van der Waals surface area contributed by atoms with Crippen molar-refractivity contribution >= 4 is 18.0 Å². The zero-order valence-electron chi connectivity index (χ0n) is 18.2. The van der Waals surface area contributed by atoms with Crippen molar-refractivity contribution in [3.63, 3.8) is 0 Å². The third-order valence-electron chi connectivity index (χ3n) is 3.18. The van der Waals surface area contributed by atoms with Gasteiger partial charge >= 0.3 is 18.0 Å². The molecule has 0 rings (SSSR count). The van der Waals surface area contributed by atoms with E-state index in [0.29, 0.717) is 0 Å². The second-order valence-electron chi connectivity index (χ2n) is 8.44. The molecule has 1 amide bonds. The molecule has 0 aromatic heterocycles. The fourth-order valence-electron chi connectivity index (χ4n) is 2.40. The molecule has 0 saturated heterocycles. The molecule has 0 heterocycles. The molecule has 0 aliphatic carbocycles. The van der Waals surface area contributed by atoms with Gasteiger partial charge in [0.1, 0.15) is 5.60 Å². The maximum Gasteiger partial charge on any atom is 0.408 e. The Hall–Kier alpha value is -1.83. The number of amides is 1. The van der Waals surface area contributed by atoms with Crippen LogP contribution in [0.2, 0.25) is 0 Å². The molecule has 27 heavy (non-hydrogen) atoms. The normalized spacial score (nSPS) is 14.1. The third kappa shape index (κ3) is 10.8. The number of ether oxygens (including phenoxy) is 3. The largest absolute Gasteiger partial charge is 0.463 e. The van der Waals surface area contributed by atoms with Crippen LogP contribution < -0.4 is 5.32 Å². The number of nitrogens with zero attached hydrogens (tertiary/aromatic N) is 1. The van der Waals surface area contributed by atoms with Crippen molar-refractivity contribution in [3.8, 4) is 0 Å². The summed E-state index contributed by atoms with van der Waals surface area (Å²) in [6, 6.07) is 0. The van der Waals surface area contributed by atoms with Gasteiger partial charge in [-0.25, -0.2) is 9.59 Å². The fourth-order valence-corrected chi connectivity index (χ4v) is 2.40. The first kappa shape index (κ1) is 25.2. The Morgan fingerprint density at radius 3 is 1.89 bits per heavy atom. The standard InChI is InChI=1S/C19H36N2O6/c1-13(2)25-15(22)10-11-19(12-21(8)9,16(23)26-14(3)4)20-17(24)27-18(5,6)7/h13-14H,10-12H2,1-9H3,(H,20,24)/t19-/m1/s1. The van der Waals surface area contributed by atoms with E-state index < -0.39 is 29.2 Å². The summed E-state index contributed by atoms with van der Waals surface area (Å²) in [6.45, 7) is 12.3. The molecular formula is C19H36N2O6. The number of nitrogens with one attached hydrogen (secondary N) is 1. The Morgan fingerprint density at radius 1 is 0.963 bits per heavy atom. The molecule has 0 unspecified atom stereocenters. The summed E-state index contributed by atoms with van der Waals surface area (Å²) in [7, 11) is 3.53. The van der Waals surface area contributed by atoms with Crippen LogP contribution in [0.1, 0.15) is 61.3 Å². The highest BCUT2D eigenvalue weighted by Crippen LogP contribution is 2.20. The Labute approximate surface area is 162 Å². The number of carbonyl (C=O) groups excluding carboxylic acids is 3. The monoisotopic (exact) mass is 388 g/mol. The highest BCUT2D eigenvalue weighted by molar-refractivity contribution is 5.87. The van der Waals surface area contributed by atoms with Gasteiger partial charge in [-0.2, -0.15) is 0 Å². The molecule has 0 bridgehead atoms. The lowest BCUT2D eigenvalue weighted by Crippen LogP contribution is -2.61. The minimum atomic E-state index is -1.44. The first-order valence-electron chi connectivity index (χ1n) is 9.23. The van der Waals surface area contributed by atoms with Crippen LogP contribution in [-0.2, 0) is 23.8 Å². The molecule has 8 nitrogen and oxygen atoms in total. The van der Waals surface area contributed by atoms with E-state index in [9.17, 15) is 14.4 Å². The van der Waals surface area contributed by atoms with E-state index in [-0.39, 0.29) is 31.6 Å². The lowest BCUT2D eigenvalue weighted by molar-refractivity contribution is -0.157. The molecule has 1 atom stereocenters. The molecule has 0 fully saturated rings. The second-order valence-corrected chi connectivity index (χ2v) is 8.44. The molecule has 158 valence electrons. The van der Waals surface area contributed by atoms with Crippen LogP contribution in [-0.4, -0.2) is 66.9 Å². The Bertz CT molecular complexity index is 511. The average Bonchev–Trinajstić information content (AvgIpc) is 2.40. The van der Waals surface area contributed by atoms with Gasteiger partial charge in [-0.15, -0.1) is 0 Å². The zero-order chi connectivity index (χ0) is 21.4. The van der Waals surface area contributed by atoms with Crippen LogP contribution in [0.5, 0.6) is 0 Å². The van der Waals surface area contributed by atoms with Crippen molar-refractivity contribution in [2.24, 2.45) is 0 Å². The molecule has 0 radical (unpaired) electrons. The maximum absolute atomic E-state index is 12.9. The summed E-state index contributed by atoms with van der Waals surface area (Å²) in [5, 5.41) is 2.65. The number of rotatable bonds is 9. The van der Waals surface area contributed by atoms with Gasteiger partial charge in [-0.1, -0.05) is 0 Å². The third-order valence-corrected chi connectivity index (χ3v) is 3.18. The first-order chi connectivity index (χ1) is 12.2. The number of carbonyl (C=O) groups is 3. The van der Waals surface area contributed by atoms with Crippen LogP contribution >= 0.6 is 0 Å². The predicted molar refractivity (Wildman–Crippen MR) is 102 cm³/mol. The zero-order valence-corrected chi connectivity index (χ0v) is 18.2. The topological polar surface area (TPSA) is 94.2 Å². The van der Waals surface area contributed by atoms with Crippen LogP contribution in [0.15, 0.2) is 0 Å². The molecule has 0 aromatic rings. The Balaban J connectivity index is 5.62. The molecule has 1 N–H and O–H groups in total. The number of hydrogen-bond donors (Lipinski definition) is 1. The lowest BCUT2D eigenvalue weighted by Gasteiger charge is -2.35. The van der Waals surface area contributed by atoms with Gasteiger partial charge in [0.05, 0.1) is 12.2 Å². The van der Waals surface area contributed by atoms with Gasteiger partial charge in [0, 0.05) is 13.0 Å². The van der Waals surface area contributed by atoms with Crippen molar-refractivity contribution in [1.82, 2.24) is 10.2 Å². The smallest absolute Gasteiger partial charge is 0.408 e. The maximum atomic E-state index is 12.9. The van der Waals surface area contributed by atoms with E-state index in [0.717, 1.165) is 0 Å². The fraction of sp³-hybridized carbons (Fsp3) is 0.842. The van der Waals surface area contributed by atoms with Crippen LogP contribution in [0.4, 0.5) is 4.79 Å². The molecule has 0 aliphatic heterocycles. The van der Waals surface area contributed by atoms with Gasteiger partial charge in [-0.3, -0.25) is 4.79 Å². The van der Waals surface area contributed by atoms with Crippen molar-refractivity contribution in [2.75, 3.05) is 20.6 Å². The lowest BCUT2D eigenvalue weighted by atomic mass is 9.92. The van der Waals surface area contributed by atoms with Gasteiger partial charge in [0.2, 0.25) is 0 Å². The van der Waals surface area contributed by atoms with Gasteiger partial charge in [0.15, 0.2) is 5.54 Å². The summed E-state index contributed by atoms with van der Waals surface area (Å²) in [5.41, 5.74) is -2.17. The summed E-state index contributed by atoms with van der Waals surface area (Å²) < 4.78 is 15.8. The van der Waals surface area contributed by atoms with E-state index in [2.05, 4.69) is 5.32 Å². The number of alkyl carbamates (subject to hydrolysis) is 1. The van der Waals surface area contributed by atoms with E-state index in [1.165, 1.54) is 0 Å².